The van der Waals surface area contributed by atoms with Crippen molar-refractivity contribution in [3.63, 3.8) is 0 Å². The van der Waals surface area contributed by atoms with Gasteiger partial charge in [-0.15, -0.1) is 0 Å². The average Bonchev–Trinajstić information content (AvgIpc) is 2.60. The smallest absolute Gasteiger partial charge is 0.226 e. The third-order valence-electron chi connectivity index (χ3n) is 4.68. The Morgan fingerprint density at radius 2 is 1.78 bits per heavy atom. The van der Waals surface area contributed by atoms with Crippen LogP contribution in [0, 0.1) is 11.8 Å². The molecular formula is C14H28N2O2. The summed E-state index contributed by atoms with van der Waals surface area (Å²) in [5.41, 5.74) is 5.56. The summed E-state index contributed by atoms with van der Waals surface area (Å²) in [5.74, 6) is 0.279. The molecule has 4 unspecified atom stereocenters. The lowest BCUT2D eigenvalue weighted by Gasteiger charge is -2.33. The van der Waals surface area contributed by atoms with Crippen LogP contribution < -0.4 is 11.1 Å². The first kappa shape index (κ1) is 15.4. The van der Waals surface area contributed by atoms with E-state index in [9.17, 15) is 4.79 Å². The third-order valence-corrected chi connectivity index (χ3v) is 4.68. The predicted octanol–water partition coefficient (Wildman–Crippen LogP) is 1.68. The lowest BCUT2D eigenvalue weighted by Crippen LogP contribution is -2.55. The van der Waals surface area contributed by atoms with Crippen molar-refractivity contribution in [1.82, 2.24) is 5.32 Å². The van der Waals surface area contributed by atoms with Crippen LogP contribution in [-0.4, -0.2) is 30.2 Å². The number of ether oxygens (including phenoxy) is 1. The monoisotopic (exact) mass is 256 g/mol. The van der Waals surface area contributed by atoms with Gasteiger partial charge in [-0.3, -0.25) is 4.79 Å². The van der Waals surface area contributed by atoms with Gasteiger partial charge in [-0.2, -0.15) is 0 Å². The Morgan fingerprint density at radius 3 is 2.11 bits per heavy atom. The fourth-order valence-electron chi connectivity index (χ4n) is 2.83. The largest absolute Gasteiger partial charge is 0.374 e. The minimum atomic E-state index is -0.262. The first-order valence-electron chi connectivity index (χ1n) is 7.08. The normalized spacial score (nSPS) is 32.6. The Balaban J connectivity index is 2.76. The van der Waals surface area contributed by atoms with Gasteiger partial charge in [0.1, 0.15) is 0 Å². The van der Waals surface area contributed by atoms with Crippen molar-refractivity contribution in [2.24, 2.45) is 17.6 Å². The molecule has 3 N–H and O–H groups in total. The van der Waals surface area contributed by atoms with Crippen molar-refractivity contribution in [3.05, 3.63) is 0 Å². The van der Waals surface area contributed by atoms with Gasteiger partial charge in [0.15, 0.2) is 0 Å². The standard InChI is InChI=1S/C14H28N2O2/c1-6-14(7-2,8-15)16-13(17)12-9(3)10(4)18-11(12)5/h9-12H,6-8,15H2,1-5H3,(H,16,17). The zero-order valence-electron chi connectivity index (χ0n) is 12.3. The summed E-state index contributed by atoms with van der Waals surface area (Å²) in [5, 5.41) is 3.16. The molecule has 0 aromatic carbocycles. The lowest BCUT2D eigenvalue weighted by molar-refractivity contribution is -0.129. The maximum atomic E-state index is 12.5. The van der Waals surface area contributed by atoms with Gasteiger partial charge in [-0.05, 0) is 32.6 Å². The number of rotatable bonds is 5. The van der Waals surface area contributed by atoms with Crippen LogP contribution in [0.2, 0.25) is 0 Å². The molecule has 0 spiro atoms. The van der Waals surface area contributed by atoms with Gasteiger partial charge in [0.05, 0.1) is 23.7 Å². The van der Waals surface area contributed by atoms with E-state index in [0.717, 1.165) is 12.8 Å². The molecule has 0 radical (unpaired) electrons. The van der Waals surface area contributed by atoms with E-state index in [1.54, 1.807) is 0 Å². The van der Waals surface area contributed by atoms with E-state index in [0.29, 0.717) is 6.54 Å². The molecule has 0 aromatic rings. The predicted molar refractivity (Wildman–Crippen MR) is 73.2 cm³/mol. The second-order valence-electron chi connectivity index (χ2n) is 5.61. The minimum Gasteiger partial charge on any atom is -0.374 e. The highest BCUT2D eigenvalue weighted by molar-refractivity contribution is 5.80. The number of nitrogens with one attached hydrogen (secondary N) is 1. The van der Waals surface area contributed by atoms with Gasteiger partial charge in [0.25, 0.3) is 0 Å². The number of hydrogen-bond acceptors (Lipinski definition) is 3. The zero-order chi connectivity index (χ0) is 13.9. The third kappa shape index (κ3) is 2.86. The van der Waals surface area contributed by atoms with Crippen molar-refractivity contribution in [3.8, 4) is 0 Å². The summed E-state index contributed by atoms with van der Waals surface area (Å²) in [6, 6.07) is 0. The van der Waals surface area contributed by atoms with Gasteiger partial charge in [0, 0.05) is 6.54 Å². The van der Waals surface area contributed by atoms with Crippen LogP contribution in [0.3, 0.4) is 0 Å². The van der Waals surface area contributed by atoms with E-state index in [1.807, 2.05) is 13.8 Å². The Kier molecular flexibility index (Phi) is 5.17. The van der Waals surface area contributed by atoms with Crippen molar-refractivity contribution < 1.29 is 9.53 Å². The van der Waals surface area contributed by atoms with Crippen LogP contribution in [0.5, 0.6) is 0 Å². The van der Waals surface area contributed by atoms with Gasteiger partial charge >= 0.3 is 0 Å². The second-order valence-corrected chi connectivity index (χ2v) is 5.61. The van der Waals surface area contributed by atoms with E-state index >= 15 is 0 Å². The van der Waals surface area contributed by atoms with E-state index < -0.39 is 0 Å². The van der Waals surface area contributed by atoms with E-state index in [4.69, 9.17) is 10.5 Å². The Bertz CT molecular complexity index is 281. The molecule has 18 heavy (non-hydrogen) atoms. The highest BCUT2D eigenvalue weighted by Gasteiger charge is 2.43. The molecule has 4 atom stereocenters. The maximum Gasteiger partial charge on any atom is 0.226 e. The molecule has 106 valence electrons. The quantitative estimate of drug-likeness (QED) is 0.786. The van der Waals surface area contributed by atoms with Gasteiger partial charge in [-0.25, -0.2) is 0 Å². The number of nitrogens with two attached hydrogens (primary N) is 1. The van der Waals surface area contributed by atoms with E-state index in [1.165, 1.54) is 0 Å². The van der Waals surface area contributed by atoms with Gasteiger partial charge in [0.2, 0.25) is 5.91 Å². The second kappa shape index (κ2) is 6.02. The molecule has 1 amide bonds. The summed E-state index contributed by atoms with van der Waals surface area (Å²) in [7, 11) is 0. The lowest BCUT2D eigenvalue weighted by atomic mass is 9.86. The molecule has 4 heteroatoms. The number of carbonyl (C=O) groups excluding carboxylic acids is 1. The highest BCUT2D eigenvalue weighted by Crippen LogP contribution is 2.32. The number of carbonyl (C=O) groups is 1. The fourth-order valence-corrected chi connectivity index (χ4v) is 2.83. The Morgan fingerprint density at radius 1 is 1.22 bits per heavy atom. The first-order chi connectivity index (χ1) is 8.40. The topological polar surface area (TPSA) is 64.3 Å². The first-order valence-corrected chi connectivity index (χ1v) is 7.08. The van der Waals surface area contributed by atoms with Crippen molar-refractivity contribution in [2.75, 3.05) is 6.54 Å². The molecule has 0 saturated carbocycles. The number of amides is 1. The number of hydrogen-bond donors (Lipinski definition) is 2. The van der Waals surface area contributed by atoms with Gasteiger partial charge in [-0.1, -0.05) is 20.8 Å². The molecule has 1 aliphatic rings. The Hall–Kier alpha value is -0.610. The van der Waals surface area contributed by atoms with E-state index in [-0.39, 0.29) is 35.5 Å². The van der Waals surface area contributed by atoms with Crippen LogP contribution in [0.15, 0.2) is 0 Å². The SMILES string of the molecule is CCC(CC)(CN)NC(=O)C1C(C)OC(C)C1C. The molecule has 1 aliphatic heterocycles. The van der Waals surface area contributed by atoms with Crippen molar-refractivity contribution in [1.29, 1.82) is 0 Å². The van der Waals surface area contributed by atoms with Crippen LogP contribution >= 0.6 is 0 Å². The molecule has 0 bridgehead atoms. The molecule has 4 nitrogen and oxygen atoms in total. The van der Waals surface area contributed by atoms with Crippen molar-refractivity contribution >= 4 is 5.91 Å². The summed E-state index contributed by atoms with van der Waals surface area (Å²) >= 11 is 0. The molecule has 0 aliphatic carbocycles. The minimum absolute atomic E-state index is 0.0146. The summed E-state index contributed by atoms with van der Waals surface area (Å²) < 4.78 is 5.73. The van der Waals surface area contributed by atoms with Gasteiger partial charge < -0.3 is 15.8 Å². The highest BCUT2D eigenvalue weighted by atomic mass is 16.5. The fraction of sp³-hybridized carbons (Fsp3) is 0.929. The Labute approximate surface area is 111 Å². The molecular weight excluding hydrogens is 228 g/mol. The molecule has 1 fully saturated rings. The van der Waals surface area contributed by atoms with Crippen LogP contribution in [0.4, 0.5) is 0 Å². The molecule has 1 rings (SSSR count). The molecule has 0 aromatic heterocycles. The van der Waals surface area contributed by atoms with Crippen LogP contribution in [0.25, 0.3) is 0 Å². The average molecular weight is 256 g/mol. The molecule has 1 saturated heterocycles. The maximum absolute atomic E-state index is 12.5. The summed E-state index contributed by atoms with van der Waals surface area (Å²) in [6.45, 7) is 10.7. The van der Waals surface area contributed by atoms with Crippen LogP contribution in [0.1, 0.15) is 47.5 Å². The van der Waals surface area contributed by atoms with E-state index in [2.05, 4.69) is 26.1 Å². The van der Waals surface area contributed by atoms with Crippen molar-refractivity contribution in [2.45, 2.75) is 65.2 Å². The van der Waals surface area contributed by atoms with Crippen LogP contribution in [-0.2, 0) is 9.53 Å². The zero-order valence-corrected chi connectivity index (χ0v) is 12.3. The summed E-state index contributed by atoms with van der Waals surface area (Å²) in [6.07, 6.45) is 1.85. The molecule has 1 heterocycles. The summed E-state index contributed by atoms with van der Waals surface area (Å²) in [4.78, 5) is 12.5.